The van der Waals surface area contributed by atoms with Crippen LogP contribution in [-0.2, 0) is 20.8 Å². The van der Waals surface area contributed by atoms with Gasteiger partial charge in [0, 0.05) is 49.6 Å². The van der Waals surface area contributed by atoms with Gasteiger partial charge < -0.3 is 14.5 Å². The zero-order valence-corrected chi connectivity index (χ0v) is 22.0. The van der Waals surface area contributed by atoms with Crippen molar-refractivity contribution in [2.45, 2.75) is 42.3 Å². The molecule has 0 unspecified atom stereocenters. The SMILES string of the molecule is CC(C)(C)OC(=O)N1C[C@@H]2CN(c3cccc4cc(S(=O)(=O)c5cccc(C(F)(F)F)c5)cnc34)C[C@@H]2C1. The van der Waals surface area contributed by atoms with Crippen LogP contribution in [-0.4, -0.2) is 56.2 Å². The molecule has 2 atom stereocenters. The molecule has 3 aromatic rings. The molecule has 3 heterocycles. The number of fused-ring (bicyclic) bond motifs is 2. The third kappa shape index (κ3) is 5.03. The molecule has 0 N–H and O–H groups in total. The Morgan fingerprint density at radius 1 is 0.947 bits per heavy atom. The average molecular weight is 548 g/mol. The van der Waals surface area contributed by atoms with E-state index >= 15 is 0 Å². The number of para-hydroxylation sites is 1. The second-order valence-corrected chi connectivity index (χ2v) is 12.8. The maximum Gasteiger partial charge on any atom is 0.416 e. The van der Waals surface area contributed by atoms with Gasteiger partial charge in [0.15, 0.2) is 0 Å². The van der Waals surface area contributed by atoms with Crippen molar-refractivity contribution in [1.29, 1.82) is 0 Å². The fraction of sp³-hybridized carbons (Fsp3) is 0.407. The number of ether oxygens (including phenoxy) is 1. The van der Waals surface area contributed by atoms with Crippen LogP contribution in [0, 0.1) is 11.8 Å². The second-order valence-electron chi connectivity index (χ2n) is 10.9. The maximum atomic E-state index is 13.1. The van der Waals surface area contributed by atoms with E-state index in [4.69, 9.17) is 4.74 Å². The van der Waals surface area contributed by atoms with Gasteiger partial charge in [0.1, 0.15) is 5.60 Å². The van der Waals surface area contributed by atoms with E-state index in [1.165, 1.54) is 12.3 Å². The summed E-state index contributed by atoms with van der Waals surface area (Å²) in [6, 6.07) is 10.6. The molecule has 2 aliphatic heterocycles. The van der Waals surface area contributed by atoms with Crippen LogP contribution in [0.25, 0.3) is 10.9 Å². The topological polar surface area (TPSA) is 79.8 Å². The lowest BCUT2D eigenvalue weighted by molar-refractivity contribution is -0.137. The number of benzene rings is 2. The minimum absolute atomic E-state index is 0.173. The number of alkyl halides is 3. The number of likely N-dealkylation sites (tertiary alicyclic amines) is 1. The largest absolute Gasteiger partial charge is 0.444 e. The predicted molar refractivity (Wildman–Crippen MR) is 136 cm³/mol. The second kappa shape index (κ2) is 9.14. The summed E-state index contributed by atoms with van der Waals surface area (Å²) in [6.45, 7) is 8.17. The molecule has 0 spiro atoms. The van der Waals surface area contributed by atoms with Gasteiger partial charge in [-0.2, -0.15) is 13.2 Å². The smallest absolute Gasteiger partial charge is 0.416 e. The third-order valence-corrected chi connectivity index (χ3v) is 8.64. The van der Waals surface area contributed by atoms with Crippen LogP contribution in [0.15, 0.2) is 64.5 Å². The van der Waals surface area contributed by atoms with Crippen molar-refractivity contribution in [2.24, 2.45) is 11.8 Å². The van der Waals surface area contributed by atoms with Gasteiger partial charge in [0.05, 0.1) is 26.6 Å². The van der Waals surface area contributed by atoms with E-state index in [0.717, 1.165) is 37.0 Å². The zero-order chi connectivity index (χ0) is 27.5. The molecule has 2 saturated heterocycles. The van der Waals surface area contributed by atoms with E-state index in [-0.39, 0.29) is 22.8 Å². The number of carbonyl (C=O) groups is 1. The van der Waals surface area contributed by atoms with Gasteiger partial charge in [-0.15, -0.1) is 0 Å². The lowest BCUT2D eigenvalue weighted by Crippen LogP contribution is -2.37. The monoisotopic (exact) mass is 547 g/mol. The number of hydrogen-bond donors (Lipinski definition) is 0. The van der Waals surface area contributed by atoms with Crippen molar-refractivity contribution in [3.05, 3.63) is 60.3 Å². The quantitative estimate of drug-likeness (QED) is 0.438. The summed E-state index contributed by atoms with van der Waals surface area (Å²) in [5.74, 6) is 0.552. The molecule has 0 aliphatic carbocycles. The van der Waals surface area contributed by atoms with Crippen LogP contribution in [0.3, 0.4) is 0 Å². The minimum atomic E-state index is -4.65. The Balaban J connectivity index is 1.37. The normalized spacial score (nSPS) is 20.2. The number of aromatic nitrogens is 1. The minimum Gasteiger partial charge on any atom is -0.444 e. The van der Waals surface area contributed by atoms with Gasteiger partial charge in [-0.05, 0) is 51.1 Å². The third-order valence-electron chi connectivity index (χ3n) is 6.93. The summed E-state index contributed by atoms with van der Waals surface area (Å²) < 4.78 is 71.2. The van der Waals surface area contributed by atoms with Gasteiger partial charge in [0.25, 0.3) is 0 Å². The summed E-state index contributed by atoms with van der Waals surface area (Å²) in [5, 5.41) is 0.572. The first-order chi connectivity index (χ1) is 17.7. The lowest BCUT2D eigenvalue weighted by atomic mass is 10.0. The fourth-order valence-corrected chi connectivity index (χ4v) is 6.45. The zero-order valence-electron chi connectivity index (χ0n) is 21.2. The average Bonchev–Trinajstić information content (AvgIpc) is 3.41. The highest BCUT2D eigenvalue weighted by atomic mass is 32.2. The van der Waals surface area contributed by atoms with Gasteiger partial charge in [-0.25, -0.2) is 13.2 Å². The van der Waals surface area contributed by atoms with Crippen molar-refractivity contribution in [2.75, 3.05) is 31.1 Å². The molecular weight excluding hydrogens is 519 g/mol. The van der Waals surface area contributed by atoms with Gasteiger partial charge >= 0.3 is 12.3 Å². The molecule has 0 radical (unpaired) electrons. The Bertz CT molecular complexity index is 1490. The molecule has 0 bridgehead atoms. The summed E-state index contributed by atoms with van der Waals surface area (Å²) >= 11 is 0. The molecule has 2 fully saturated rings. The number of sulfone groups is 1. The highest BCUT2D eigenvalue weighted by Gasteiger charge is 2.43. The highest BCUT2D eigenvalue weighted by Crippen LogP contribution is 2.38. The van der Waals surface area contributed by atoms with E-state index in [9.17, 15) is 26.4 Å². The molecular formula is C27H28F3N3O4S. The molecule has 2 aliphatic rings. The van der Waals surface area contributed by atoms with E-state index in [2.05, 4.69) is 9.88 Å². The Morgan fingerprint density at radius 2 is 1.61 bits per heavy atom. The van der Waals surface area contributed by atoms with Crippen LogP contribution in [0.2, 0.25) is 0 Å². The number of hydrogen-bond acceptors (Lipinski definition) is 6. The van der Waals surface area contributed by atoms with Crippen molar-refractivity contribution in [3.8, 4) is 0 Å². The van der Waals surface area contributed by atoms with Crippen LogP contribution in [0.4, 0.5) is 23.7 Å². The Morgan fingerprint density at radius 3 is 2.24 bits per heavy atom. The number of nitrogens with zero attached hydrogens (tertiary/aromatic N) is 3. The summed E-state index contributed by atoms with van der Waals surface area (Å²) in [6.07, 6.45) is -3.76. The first kappa shape index (κ1) is 26.3. The van der Waals surface area contributed by atoms with Crippen LogP contribution < -0.4 is 4.90 Å². The standard InChI is InChI=1S/C27H28F3N3O4S/c1-26(2,3)37-25(34)33-15-18-13-32(14-19(18)16-33)23-9-4-6-17-10-22(12-31-24(17)23)38(35,36)21-8-5-7-20(11-21)27(28,29)30/h4-12,18-19H,13-16H2,1-3H3/t18-,19+. The molecule has 202 valence electrons. The number of carbonyl (C=O) groups excluding carboxylic acids is 1. The number of pyridine rings is 1. The molecule has 1 amide bonds. The van der Waals surface area contributed by atoms with Gasteiger partial charge in [0.2, 0.25) is 9.84 Å². The van der Waals surface area contributed by atoms with E-state index in [0.29, 0.717) is 30.1 Å². The first-order valence-electron chi connectivity index (χ1n) is 12.3. The van der Waals surface area contributed by atoms with Crippen LogP contribution >= 0.6 is 0 Å². The predicted octanol–water partition coefficient (Wildman–Crippen LogP) is 5.39. The Labute approximate surface area is 219 Å². The molecule has 0 saturated carbocycles. The van der Waals surface area contributed by atoms with Crippen molar-refractivity contribution in [1.82, 2.24) is 9.88 Å². The molecule has 1 aromatic heterocycles. The summed E-state index contributed by atoms with van der Waals surface area (Å²) in [7, 11) is -4.21. The van der Waals surface area contributed by atoms with Crippen molar-refractivity contribution >= 4 is 32.5 Å². The van der Waals surface area contributed by atoms with E-state index in [1.54, 1.807) is 17.0 Å². The van der Waals surface area contributed by atoms with E-state index < -0.39 is 32.1 Å². The van der Waals surface area contributed by atoms with Gasteiger partial charge in [-0.3, -0.25) is 4.98 Å². The molecule has 38 heavy (non-hydrogen) atoms. The van der Waals surface area contributed by atoms with Crippen LogP contribution in [0.5, 0.6) is 0 Å². The van der Waals surface area contributed by atoms with Crippen molar-refractivity contribution < 1.29 is 31.1 Å². The van der Waals surface area contributed by atoms with Gasteiger partial charge in [-0.1, -0.05) is 18.2 Å². The highest BCUT2D eigenvalue weighted by molar-refractivity contribution is 7.91. The number of amides is 1. The summed E-state index contributed by atoms with van der Waals surface area (Å²) in [4.78, 5) is 20.3. The molecule has 7 nitrogen and oxygen atoms in total. The molecule has 2 aromatic carbocycles. The van der Waals surface area contributed by atoms with E-state index in [1.807, 2.05) is 26.8 Å². The number of anilines is 1. The molecule has 5 rings (SSSR count). The van der Waals surface area contributed by atoms with Crippen LogP contribution in [0.1, 0.15) is 26.3 Å². The lowest BCUT2D eigenvalue weighted by Gasteiger charge is -2.26. The Hall–Kier alpha value is -3.34. The Kier molecular flexibility index (Phi) is 6.32. The maximum absolute atomic E-state index is 13.1. The van der Waals surface area contributed by atoms with Crippen molar-refractivity contribution in [3.63, 3.8) is 0 Å². The fourth-order valence-electron chi connectivity index (χ4n) is 5.17. The number of rotatable bonds is 3. The first-order valence-corrected chi connectivity index (χ1v) is 13.7. The summed E-state index contributed by atoms with van der Waals surface area (Å²) in [5.41, 5.74) is -0.120. The number of halogens is 3. The molecule has 11 heteroatoms.